The van der Waals surface area contributed by atoms with Crippen LogP contribution in [-0.4, -0.2) is 50.7 Å². The van der Waals surface area contributed by atoms with Gasteiger partial charge in [-0.2, -0.15) is 10.1 Å². The molecular weight excluding hydrogens is 312 g/mol. The van der Waals surface area contributed by atoms with Gasteiger partial charge in [0.15, 0.2) is 5.82 Å². The van der Waals surface area contributed by atoms with E-state index in [9.17, 15) is 13.6 Å². The van der Waals surface area contributed by atoms with Gasteiger partial charge in [-0.15, -0.1) is 0 Å². The molecule has 10 heteroatoms. The maximum Gasteiger partial charge on any atom is 0.275 e. The Morgan fingerprint density at radius 3 is 3.04 bits per heavy atom. The van der Waals surface area contributed by atoms with Crippen LogP contribution < -0.4 is 0 Å². The largest absolute Gasteiger partial charge is 0.377 e. The number of aromatic nitrogens is 4. The number of hydrogen-bond donors (Lipinski definition) is 1. The normalized spacial score (nSPS) is 20.2. The first kappa shape index (κ1) is 15.5. The van der Waals surface area contributed by atoms with E-state index < -0.39 is 30.8 Å². The lowest BCUT2D eigenvalue weighted by Gasteiger charge is -2.19. The predicted octanol–water partition coefficient (Wildman–Crippen LogP) is 1.47. The van der Waals surface area contributed by atoms with Crippen molar-refractivity contribution >= 4 is 5.91 Å². The minimum Gasteiger partial charge on any atom is -0.377 e. The highest BCUT2D eigenvalue weighted by Gasteiger charge is 2.50. The number of nitrogens with one attached hydrogen (secondary N) is 1. The van der Waals surface area contributed by atoms with Crippen molar-refractivity contribution in [3.05, 3.63) is 29.2 Å². The van der Waals surface area contributed by atoms with E-state index in [-0.39, 0.29) is 24.0 Å². The SMILES string of the molecule is COCc1noc([C@@H]2CC(F)(F)CN2C(=O)c2cc(C)[nH]n2)n1. The summed E-state index contributed by atoms with van der Waals surface area (Å²) in [5, 5.41) is 10.1. The van der Waals surface area contributed by atoms with Gasteiger partial charge >= 0.3 is 0 Å². The molecule has 1 amide bonds. The van der Waals surface area contributed by atoms with Crippen LogP contribution in [0, 0.1) is 6.92 Å². The Labute approximate surface area is 129 Å². The number of methoxy groups -OCH3 is 1. The Bertz CT molecular complexity index is 714. The number of H-pyrrole nitrogens is 1. The number of amides is 1. The van der Waals surface area contributed by atoms with Gasteiger partial charge in [0.2, 0.25) is 5.89 Å². The molecule has 124 valence electrons. The van der Waals surface area contributed by atoms with Crippen molar-refractivity contribution in [2.45, 2.75) is 31.9 Å². The minimum atomic E-state index is -3.03. The molecule has 23 heavy (non-hydrogen) atoms. The molecule has 0 saturated carbocycles. The van der Waals surface area contributed by atoms with E-state index >= 15 is 0 Å². The van der Waals surface area contributed by atoms with Gasteiger partial charge in [0.05, 0.1) is 6.54 Å². The molecule has 1 saturated heterocycles. The van der Waals surface area contributed by atoms with Crippen molar-refractivity contribution in [2.75, 3.05) is 13.7 Å². The Kier molecular flexibility index (Phi) is 3.84. The average molecular weight is 327 g/mol. The summed E-state index contributed by atoms with van der Waals surface area (Å²) in [7, 11) is 1.45. The molecule has 1 atom stereocenters. The van der Waals surface area contributed by atoms with Crippen LogP contribution in [0.15, 0.2) is 10.6 Å². The standard InChI is InChI=1S/C13H15F2N5O3/c1-7-3-8(18-17-7)12(21)20-6-13(14,15)4-9(20)11-16-10(5-22-2)19-23-11/h3,9H,4-6H2,1-2H3,(H,17,18)/t9-/m0/s1. The molecule has 0 aliphatic carbocycles. The van der Waals surface area contributed by atoms with Gasteiger partial charge in [0, 0.05) is 19.2 Å². The van der Waals surface area contributed by atoms with Crippen molar-refractivity contribution in [2.24, 2.45) is 0 Å². The lowest BCUT2D eigenvalue weighted by atomic mass is 10.2. The molecule has 0 radical (unpaired) electrons. The summed E-state index contributed by atoms with van der Waals surface area (Å²) < 4.78 is 37.5. The fourth-order valence-electron chi connectivity index (χ4n) is 2.52. The molecule has 2 aromatic rings. The third-order valence-corrected chi connectivity index (χ3v) is 3.50. The van der Waals surface area contributed by atoms with Crippen LogP contribution in [0.1, 0.15) is 40.4 Å². The first-order valence-electron chi connectivity index (χ1n) is 6.92. The summed E-state index contributed by atoms with van der Waals surface area (Å²) in [6.45, 7) is 1.10. The van der Waals surface area contributed by atoms with E-state index in [2.05, 4.69) is 20.3 Å². The summed E-state index contributed by atoms with van der Waals surface area (Å²) in [6.07, 6.45) is -0.573. The molecule has 1 aliphatic rings. The molecule has 3 heterocycles. The van der Waals surface area contributed by atoms with Crippen LogP contribution in [0.2, 0.25) is 0 Å². The van der Waals surface area contributed by atoms with E-state index in [0.29, 0.717) is 5.69 Å². The molecule has 1 aliphatic heterocycles. The number of aromatic amines is 1. The van der Waals surface area contributed by atoms with Crippen molar-refractivity contribution in [1.82, 2.24) is 25.2 Å². The predicted molar refractivity (Wildman–Crippen MR) is 71.7 cm³/mol. The van der Waals surface area contributed by atoms with Gasteiger partial charge in [-0.1, -0.05) is 5.16 Å². The second-order valence-corrected chi connectivity index (χ2v) is 5.43. The van der Waals surface area contributed by atoms with Gasteiger partial charge in [0.25, 0.3) is 11.8 Å². The van der Waals surface area contributed by atoms with Gasteiger partial charge in [-0.05, 0) is 13.0 Å². The topological polar surface area (TPSA) is 97.1 Å². The summed E-state index contributed by atoms with van der Waals surface area (Å²) in [5.41, 5.74) is 0.734. The van der Waals surface area contributed by atoms with Crippen LogP contribution in [-0.2, 0) is 11.3 Å². The van der Waals surface area contributed by atoms with Gasteiger partial charge in [-0.3, -0.25) is 9.89 Å². The first-order valence-corrected chi connectivity index (χ1v) is 6.92. The molecule has 2 aromatic heterocycles. The van der Waals surface area contributed by atoms with Crippen molar-refractivity contribution in [3.8, 4) is 0 Å². The minimum absolute atomic E-state index is 0.0326. The second-order valence-electron chi connectivity index (χ2n) is 5.43. The van der Waals surface area contributed by atoms with Gasteiger partial charge in [-0.25, -0.2) is 8.78 Å². The number of halogens is 2. The molecule has 0 unspecified atom stereocenters. The number of nitrogens with zero attached hydrogens (tertiary/aromatic N) is 4. The van der Waals surface area contributed by atoms with Gasteiger partial charge < -0.3 is 14.2 Å². The highest BCUT2D eigenvalue weighted by Crippen LogP contribution is 2.41. The number of likely N-dealkylation sites (tertiary alicyclic amines) is 1. The van der Waals surface area contributed by atoms with Crippen LogP contribution in [0.3, 0.4) is 0 Å². The Morgan fingerprint density at radius 1 is 1.61 bits per heavy atom. The van der Waals surface area contributed by atoms with Gasteiger partial charge in [0.1, 0.15) is 18.3 Å². The second kappa shape index (κ2) is 5.69. The molecule has 8 nitrogen and oxygen atoms in total. The fourth-order valence-corrected chi connectivity index (χ4v) is 2.52. The number of carbonyl (C=O) groups is 1. The Hall–Kier alpha value is -2.36. The van der Waals surface area contributed by atoms with Crippen LogP contribution >= 0.6 is 0 Å². The summed E-state index contributed by atoms with van der Waals surface area (Å²) in [5.74, 6) is -3.43. The Balaban J connectivity index is 1.88. The van der Waals surface area contributed by atoms with E-state index in [0.717, 1.165) is 4.90 Å². The number of hydrogen-bond acceptors (Lipinski definition) is 6. The zero-order valence-electron chi connectivity index (χ0n) is 12.5. The zero-order valence-corrected chi connectivity index (χ0v) is 12.5. The number of carbonyl (C=O) groups excluding carboxylic acids is 1. The van der Waals surface area contributed by atoms with Crippen molar-refractivity contribution < 1.29 is 22.8 Å². The molecule has 1 N–H and O–H groups in total. The molecule has 3 rings (SSSR count). The monoisotopic (exact) mass is 327 g/mol. The number of rotatable bonds is 4. The lowest BCUT2D eigenvalue weighted by Crippen LogP contribution is -2.33. The van der Waals surface area contributed by atoms with E-state index in [1.807, 2.05) is 0 Å². The zero-order chi connectivity index (χ0) is 16.6. The molecule has 1 fully saturated rings. The molecule has 0 bridgehead atoms. The van der Waals surface area contributed by atoms with E-state index in [1.54, 1.807) is 6.92 Å². The molecular formula is C13H15F2N5O3. The highest BCUT2D eigenvalue weighted by molar-refractivity contribution is 5.92. The quantitative estimate of drug-likeness (QED) is 0.913. The highest BCUT2D eigenvalue weighted by atomic mass is 19.3. The number of aryl methyl sites for hydroxylation is 1. The van der Waals surface area contributed by atoms with Crippen LogP contribution in [0.4, 0.5) is 8.78 Å². The van der Waals surface area contributed by atoms with Crippen LogP contribution in [0.5, 0.6) is 0 Å². The Morgan fingerprint density at radius 2 is 2.39 bits per heavy atom. The smallest absolute Gasteiger partial charge is 0.275 e. The van der Waals surface area contributed by atoms with Crippen LogP contribution in [0.25, 0.3) is 0 Å². The maximum absolute atomic E-state index is 13.8. The summed E-state index contributed by atoms with van der Waals surface area (Å²) in [4.78, 5) is 17.5. The fraction of sp³-hybridized carbons (Fsp3) is 0.538. The molecule has 0 aromatic carbocycles. The third-order valence-electron chi connectivity index (χ3n) is 3.50. The van der Waals surface area contributed by atoms with E-state index in [4.69, 9.17) is 9.26 Å². The lowest BCUT2D eigenvalue weighted by molar-refractivity contribution is 0.0116. The summed E-state index contributed by atoms with van der Waals surface area (Å²) in [6, 6.07) is 0.507. The molecule has 0 spiro atoms. The van der Waals surface area contributed by atoms with Crippen molar-refractivity contribution in [1.29, 1.82) is 0 Å². The number of alkyl halides is 2. The maximum atomic E-state index is 13.8. The first-order chi connectivity index (χ1) is 10.9. The summed E-state index contributed by atoms with van der Waals surface area (Å²) >= 11 is 0. The average Bonchev–Trinajstić information content (AvgIpc) is 3.17. The van der Waals surface area contributed by atoms with Crippen molar-refractivity contribution in [3.63, 3.8) is 0 Å². The van der Waals surface area contributed by atoms with E-state index in [1.165, 1.54) is 13.2 Å². The third kappa shape index (κ3) is 3.07. The number of ether oxygens (including phenoxy) is 1.